The predicted octanol–water partition coefficient (Wildman–Crippen LogP) is 3.09. The van der Waals surface area contributed by atoms with Crippen molar-refractivity contribution in [2.45, 2.75) is 6.04 Å². The third kappa shape index (κ3) is 4.78. The monoisotopic (exact) mass is 436 g/mol. The van der Waals surface area contributed by atoms with E-state index >= 15 is 0 Å². The second kappa shape index (κ2) is 8.60. The van der Waals surface area contributed by atoms with Gasteiger partial charge in [0.25, 0.3) is 5.91 Å². The van der Waals surface area contributed by atoms with Gasteiger partial charge in [-0.2, -0.15) is 0 Å². The molecule has 1 N–H and O–H groups in total. The number of nitrogens with zero attached hydrogens (tertiary/aromatic N) is 1. The Morgan fingerprint density at radius 1 is 1.12 bits per heavy atom. The van der Waals surface area contributed by atoms with Crippen LogP contribution in [-0.2, 0) is 4.74 Å². The molecule has 24 heavy (non-hydrogen) atoms. The van der Waals surface area contributed by atoms with Gasteiger partial charge in [0.1, 0.15) is 0 Å². The fraction of sp³-hybridized carbons (Fsp3) is 0.316. The van der Waals surface area contributed by atoms with Crippen molar-refractivity contribution in [3.05, 3.63) is 69.3 Å². The molecule has 1 unspecified atom stereocenters. The van der Waals surface area contributed by atoms with Crippen LogP contribution in [0.4, 0.5) is 0 Å². The molecule has 3 rings (SSSR count). The summed E-state index contributed by atoms with van der Waals surface area (Å²) >= 11 is 2.23. The number of benzene rings is 2. The molecule has 1 saturated heterocycles. The average molecular weight is 436 g/mol. The van der Waals surface area contributed by atoms with Crippen LogP contribution in [-0.4, -0.2) is 43.7 Å². The second-order valence-corrected chi connectivity index (χ2v) is 7.11. The molecule has 1 amide bonds. The molecule has 126 valence electrons. The van der Waals surface area contributed by atoms with E-state index in [4.69, 9.17) is 4.74 Å². The van der Waals surface area contributed by atoms with Gasteiger partial charge in [-0.25, -0.2) is 0 Å². The number of morpholine rings is 1. The number of carbonyl (C=O) groups is 1. The molecule has 0 radical (unpaired) electrons. The van der Waals surface area contributed by atoms with Gasteiger partial charge in [0.05, 0.1) is 19.3 Å². The molecule has 2 aromatic rings. The molecule has 0 aliphatic carbocycles. The molecule has 1 atom stereocenters. The summed E-state index contributed by atoms with van der Waals surface area (Å²) in [6.45, 7) is 4.12. The molecule has 0 bridgehead atoms. The van der Waals surface area contributed by atoms with Gasteiger partial charge in [-0.05, 0) is 46.4 Å². The lowest BCUT2D eigenvalue weighted by Crippen LogP contribution is -2.43. The van der Waals surface area contributed by atoms with Crippen LogP contribution in [0.15, 0.2) is 54.6 Å². The maximum atomic E-state index is 12.7. The van der Waals surface area contributed by atoms with Gasteiger partial charge >= 0.3 is 0 Å². The van der Waals surface area contributed by atoms with E-state index in [0.717, 1.165) is 42.0 Å². The Hall–Kier alpha value is -1.44. The maximum Gasteiger partial charge on any atom is 0.251 e. The fourth-order valence-electron chi connectivity index (χ4n) is 2.83. The Balaban J connectivity index is 1.75. The number of nitrogens with one attached hydrogen (secondary N) is 1. The van der Waals surface area contributed by atoms with Gasteiger partial charge in [0.2, 0.25) is 0 Å². The van der Waals surface area contributed by atoms with Crippen molar-refractivity contribution >= 4 is 28.5 Å². The number of ether oxygens (including phenoxy) is 1. The zero-order valence-electron chi connectivity index (χ0n) is 13.5. The predicted molar refractivity (Wildman–Crippen MR) is 103 cm³/mol. The third-order valence-electron chi connectivity index (χ3n) is 4.14. The average Bonchev–Trinajstić information content (AvgIpc) is 2.63. The Kier molecular flexibility index (Phi) is 6.23. The minimum atomic E-state index is -0.0327. The lowest BCUT2D eigenvalue weighted by atomic mass is 10.1. The standard InChI is InChI=1S/C19H21IN2O2/c20-17-8-4-7-16(13-17)19(23)21-18(15-5-2-1-3-6-15)14-22-9-11-24-12-10-22/h1-8,13,18H,9-12,14H2,(H,21,23). The summed E-state index contributed by atoms with van der Waals surface area (Å²) in [6.07, 6.45) is 0. The highest BCUT2D eigenvalue weighted by Crippen LogP contribution is 2.17. The first kappa shape index (κ1) is 17.4. The molecule has 1 heterocycles. The van der Waals surface area contributed by atoms with Crippen molar-refractivity contribution in [3.8, 4) is 0 Å². The summed E-state index contributed by atoms with van der Waals surface area (Å²) in [4.78, 5) is 15.0. The van der Waals surface area contributed by atoms with E-state index in [1.165, 1.54) is 0 Å². The second-order valence-electron chi connectivity index (χ2n) is 5.86. The number of hydrogen-bond donors (Lipinski definition) is 1. The first-order chi connectivity index (χ1) is 11.7. The molecule has 0 aromatic heterocycles. The van der Waals surface area contributed by atoms with Crippen LogP contribution in [0.1, 0.15) is 22.0 Å². The number of carbonyl (C=O) groups excluding carboxylic acids is 1. The van der Waals surface area contributed by atoms with Crippen molar-refractivity contribution in [2.24, 2.45) is 0 Å². The Morgan fingerprint density at radius 3 is 2.58 bits per heavy atom. The Morgan fingerprint density at radius 2 is 1.88 bits per heavy atom. The molecular formula is C19H21IN2O2. The summed E-state index contributed by atoms with van der Waals surface area (Å²) in [5.41, 5.74) is 1.83. The van der Waals surface area contributed by atoms with Crippen LogP contribution in [0, 0.1) is 3.57 Å². The number of amides is 1. The van der Waals surface area contributed by atoms with Gasteiger partial charge in [-0.15, -0.1) is 0 Å². The molecular weight excluding hydrogens is 415 g/mol. The van der Waals surface area contributed by atoms with E-state index in [2.05, 4.69) is 44.9 Å². The van der Waals surface area contributed by atoms with E-state index in [-0.39, 0.29) is 11.9 Å². The third-order valence-corrected chi connectivity index (χ3v) is 4.81. The molecule has 1 aliphatic heterocycles. The summed E-state index contributed by atoms with van der Waals surface area (Å²) < 4.78 is 6.48. The van der Waals surface area contributed by atoms with Crippen LogP contribution in [0.3, 0.4) is 0 Å². The van der Waals surface area contributed by atoms with Gasteiger partial charge in [-0.3, -0.25) is 9.69 Å². The summed E-state index contributed by atoms with van der Waals surface area (Å²) in [7, 11) is 0. The molecule has 2 aromatic carbocycles. The normalized spacial score (nSPS) is 16.5. The SMILES string of the molecule is O=C(NC(CN1CCOCC1)c1ccccc1)c1cccc(I)c1. The Labute approximate surface area is 156 Å². The largest absolute Gasteiger partial charge is 0.379 e. The van der Waals surface area contributed by atoms with Gasteiger partial charge < -0.3 is 10.1 Å². The van der Waals surface area contributed by atoms with Crippen molar-refractivity contribution in [3.63, 3.8) is 0 Å². The smallest absolute Gasteiger partial charge is 0.251 e. The highest BCUT2D eigenvalue weighted by molar-refractivity contribution is 14.1. The summed E-state index contributed by atoms with van der Waals surface area (Å²) in [5.74, 6) is -0.0318. The van der Waals surface area contributed by atoms with Crippen LogP contribution in [0.2, 0.25) is 0 Å². The Bertz CT molecular complexity index is 672. The highest BCUT2D eigenvalue weighted by Gasteiger charge is 2.20. The molecule has 0 spiro atoms. The van der Waals surface area contributed by atoms with Gasteiger partial charge in [0.15, 0.2) is 0 Å². The zero-order chi connectivity index (χ0) is 16.8. The lowest BCUT2D eigenvalue weighted by molar-refractivity contribution is 0.0332. The van der Waals surface area contributed by atoms with Crippen LogP contribution in [0.25, 0.3) is 0 Å². The van der Waals surface area contributed by atoms with Crippen LogP contribution >= 0.6 is 22.6 Å². The number of rotatable bonds is 5. The quantitative estimate of drug-likeness (QED) is 0.733. The number of halogens is 1. The first-order valence-corrected chi connectivity index (χ1v) is 9.22. The van der Waals surface area contributed by atoms with E-state index in [9.17, 15) is 4.79 Å². The summed E-state index contributed by atoms with van der Waals surface area (Å²) in [5, 5.41) is 3.20. The fourth-order valence-corrected chi connectivity index (χ4v) is 3.38. The van der Waals surface area contributed by atoms with Gasteiger partial charge in [-0.1, -0.05) is 36.4 Å². The maximum absolute atomic E-state index is 12.7. The van der Waals surface area contributed by atoms with Gasteiger partial charge in [0, 0.05) is 28.8 Å². The van der Waals surface area contributed by atoms with Crippen molar-refractivity contribution in [1.29, 1.82) is 0 Å². The van der Waals surface area contributed by atoms with Crippen molar-refractivity contribution in [2.75, 3.05) is 32.8 Å². The van der Waals surface area contributed by atoms with Crippen molar-refractivity contribution < 1.29 is 9.53 Å². The van der Waals surface area contributed by atoms with E-state index in [0.29, 0.717) is 5.56 Å². The lowest BCUT2D eigenvalue weighted by Gasteiger charge is -2.31. The van der Waals surface area contributed by atoms with E-state index in [1.54, 1.807) is 0 Å². The minimum Gasteiger partial charge on any atom is -0.379 e. The molecule has 4 nitrogen and oxygen atoms in total. The summed E-state index contributed by atoms with van der Waals surface area (Å²) in [6, 6.07) is 17.8. The highest BCUT2D eigenvalue weighted by atomic mass is 127. The van der Waals surface area contributed by atoms with E-state index in [1.807, 2.05) is 42.5 Å². The van der Waals surface area contributed by atoms with Crippen LogP contribution in [0.5, 0.6) is 0 Å². The zero-order valence-corrected chi connectivity index (χ0v) is 15.6. The van der Waals surface area contributed by atoms with Crippen LogP contribution < -0.4 is 5.32 Å². The molecule has 1 fully saturated rings. The molecule has 5 heteroatoms. The minimum absolute atomic E-state index is 0.0318. The topological polar surface area (TPSA) is 41.6 Å². The molecule has 1 aliphatic rings. The molecule has 0 saturated carbocycles. The first-order valence-electron chi connectivity index (χ1n) is 8.14. The number of hydrogen-bond acceptors (Lipinski definition) is 3. The van der Waals surface area contributed by atoms with E-state index < -0.39 is 0 Å². The van der Waals surface area contributed by atoms with Crippen molar-refractivity contribution in [1.82, 2.24) is 10.2 Å².